The average molecular weight is 392 g/mol. The Morgan fingerprint density at radius 2 is 1.81 bits per heavy atom. The molecule has 0 radical (unpaired) electrons. The van der Waals surface area contributed by atoms with Crippen LogP contribution in [0.5, 0.6) is 0 Å². The molecule has 7 heteroatoms. The third-order valence-electron chi connectivity index (χ3n) is 4.50. The third kappa shape index (κ3) is 5.87. The molecule has 2 aromatic carbocycles. The summed E-state index contributed by atoms with van der Waals surface area (Å²) in [4.78, 5) is 12.4. The molecule has 0 aliphatic carbocycles. The third-order valence-corrected chi connectivity index (χ3v) is 5.70. The summed E-state index contributed by atoms with van der Waals surface area (Å²) in [5.74, 6) is -0.947. The maximum atomic E-state index is 13.9. The van der Waals surface area contributed by atoms with Crippen molar-refractivity contribution in [3.63, 3.8) is 0 Å². The molecule has 0 aliphatic heterocycles. The van der Waals surface area contributed by atoms with E-state index in [-0.39, 0.29) is 24.7 Å². The van der Waals surface area contributed by atoms with Crippen LogP contribution in [0.4, 0.5) is 4.39 Å². The summed E-state index contributed by atoms with van der Waals surface area (Å²) >= 11 is 0. The lowest BCUT2D eigenvalue weighted by molar-refractivity contribution is -0.122. The molecule has 0 fully saturated rings. The molecule has 0 bridgehead atoms. The Bertz CT molecular complexity index is 929. The molecule has 2 rings (SSSR count). The molecule has 0 spiro atoms. The van der Waals surface area contributed by atoms with Crippen LogP contribution in [0.15, 0.2) is 42.5 Å². The van der Waals surface area contributed by atoms with Gasteiger partial charge < -0.3 is 5.32 Å². The minimum Gasteiger partial charge on any atom is -0.348 e. The summed E-state index contributed by atoms with van der Waals surface area (Å²) in [6.07, 6.45) is 1.01. The van der Waals surface area contributed by atoms with Crippen molar-refractivity contribution in [2.75, 3.05) is 12.8 Å². The molecular weight excluding hydrogens is 367 g/mol. The van der Waals surface area contributed by atoms with Gasteiger partial charge in [0.25, 0.3) is 0 Å². The summed E-state index contributed by atoms with van der Waals surface area (Å²) in [5.41, 5.74) is 3.43. The summed E-state index contributed by atoms with van der Waals surface area (Å²) < 4.78 is 38.9. The number of rotatable bonds is 7. The highest BCUT2D eigenvalue weighted by atomic mass is 32.2. The first-order chi connectivity index (χ1) is 12.6. The maximum absolute atomic E-state index is 13.9. The number of aryl methyl sites for hydroxylation is 2. The van der Waals surface area contributed by atoms with Gasteiger partial charge in [0.1, 0.15) is 5.82 Å². The summed E-state index contributed by atoms with van der Waals surface area (Å²) in [5, 5.41) is 2.81. The zero-order valence-corrected chi connectivity index (χ0v) is 16.8. The van der Waals surface area contributed by atoms with Gasteiger partial charge in [-0.25, -0.2) is 12.8 Å². The van der Waals surface area contributed by atoms with Gasteiger partial charge >= 0.3 is 0 Å². The first kappa shape index (κ1) is 21.1. The molecular formula is C20H25FN2O3S. The zero-order chi connectivity index (χ0) is 20.2. The molecule has 5 nitrogen and oxygen atoms in total. The summed E-state index contributed by atoms with van der Waals surface area (Å²) in [6, 6.07) is 11.6. The molecule has 27 heavy (non-hydrogen) atoms. The number of sulfonamides is 1. The van der Waals surface area contributed by atoms with Crippen molar-refractivity contribution in [1.82, 2.24) is 9.62 Å². The van der Waals surface area contributed by atoms with Crippen LogP contribution in [0, 0.1) is 19.7 Å². The van der Waals surface area contributed by atoms with Crippen molar-refractivity contribution in [2.45, 2.75) is 33.4 Å². The van der Waals surface area contributed by atoms with Crippen molar-refractivity contribution < 1.29 is 17.6 Å². The van der Waals surface area contributed by atoms with E-state index in [0.29, 0.717) is 0 Å². The molecule has 146 valence electrons. The Kier molecular flexibility index (Phi) is 6.73. The molecule has 2 aromatic rings. The van der Waals surface area contributed by atoms with Gasteiger partial charge in [0.2, 0.25) is 15.9 Å². The van der Waals surface area contributed by atoms with E-state index in [2.05, 4.69) is 5.32 Å². The van der Waals surface area contributed by atoms with Crippen molar-refractivity contribution in [1.29, 1.82) is 0 Å². The van der Waals surface area contributed by atoms with Gasteiger partial charge in [-0.3, -0.25) is 4.79 Å². The summed E-state index contributed by atoms with van der Waals surface area (Å²) in [7, 11) is -3.68. The van der Waals surface area contributed by atoms with E-state index >= 15 is 0 Å². The molecule has 0 heterocycles. The fourth-order valence-electron chi connectivity index (χ4n) is 2.67. The van der Waals surface area contributed by atoms with Crippen LogP contribution in [0.2, 0.25) is 0 Å². The highest BCUT2D eigenvalue weighted by Gasteiger charge is 2.22. The minimum absolute atomic E-state index is 0.197. The number of hydrogen-bond acceptors (Lipinski definition) is 3. The average Bonchev–Trinajstić information content (AvgIpc) is 2.57. The Hall–Kier alpha value is -2.25. The lowest BCUT2D eigenvalue weighted by Gasteiger charge is -2.22. The number of amides is 1. The van der Waals surface area contributed by atoms with Crippen LogP contribution in [0.1, 0.15) is 35.2 Å². The Morgan fingerprint density at radius 1 is 1.15 bits per heavy atom. The van der Waals surface area contributed by atoms with Gasteiger partial charge in [-0.1, -0.05) is 36.4 Å². The fraction of sp³-hybridized carbons (Fsp3) is 0.350. The standard InChI is InChI=1S/C20H25FN2O3S/c1-14-9-10-17(11-15(14)2)16(3)22-20(24)13-23(27(4,25)26)12-18-7-5-6-8-19(18)21/h5-11,16H,12-13H2,1-4H3,(H,22,24)/t16-/m1/s1. The number of nitrogens with zero attached hydrogens (tertiary/aromatic N) is 1. The number of nitrogens with one attached hydrogen (secondary N) is 1. The summed E-state index contributed by atoms with van der Waals surface area (Å²) in [6.45, 7) is 5.27. The van der Waals surface area contributed by atoms with Crippen LogP contribution >= 0.6 is 0 Å². The van der Waals surface area contributed by atoms with E-state index in [1.807, 2.05) is 39.0 Å². The Labute approximate surface area is 160 Å². The predicted molar refractivity (Wildman–Crippen MR) is 104 cm³/mol. The molecule has 0 saturated carbocycles. The lowest BCUT2D eigenvalue weighted by atomic mass is 10.0. The SMILES string of the molecule is Cc1ccc([C@@H](C)NC(=O)CN(Cc2ccccc2F)S(C)(=O)=O)cc1C. The molecule has 0 aliphatic rings. The predicted octanol–water partition coefficient (Wildman–Crippen LogP) is 3.08. The van der Waals surface area contributed by atoms with E-state index in [4.69, 9.17) is 0 Å². The Morgan fingerprint density at radius 3 is 2.41 bits per heavy atom. The van der Waals surface area contributed by atoms with Crippen LogP contribution < -0.4 is 5.32 Å². The van der Waals surface area contributed by atoms with Crippen LogP contribution in [0.25, 0.3) is 0 Å². The zero-order valence-electron chi connectivity index (χ0n) is 16.0. The van der Waals surface area contributed by atoms with Crippen molar-refractivity contribution >= 4 is 15.9 Å². The smallest absolute Gasteiger partial charge is 0.235 e. The highest BCUT2D eigenvalue weighted by Crippen LogP contribution is 2.17. The van der Waals surface area contributed by atoms with E-state index in [9.17, 15) is 17.6 Å². The fourth-order valence-corrected chi connectivity index (χ4v) is 3.40. The first-order valence-corrected chi connectivity index (χ1v) is 10.5. The van der Waals surface area contributed by atoms with E-state index in [0.717, 1.165) is 27.3 Å². The highest BCUT2D eigenvalue weighted by molar-refractivity contribution is 7.88. The molecule has 1 atom stereocenters. The minimum atomic E-state index is -3.68. The second-order valence-electron chi connectivity index (χ2n) is 6.76. The van der Waals surface area contributed by atoms with Gasteiger partial charge in [0.15, 0.2) is 0 Å². The molecule has 0 unspecified atom stereocenters. The van der Waals surface area contributed by atoms with E-state index in [1.165, 1.54) is 18.2 Å². The molecule has 0 aromatic heterocycles. The van der Waals surface area contributed by atoms with Crippen LogP contribution in [0.3, 0.4) is 0 Å². The van der Waals surface area contributed by atoms with Crippen molar-refractivity contribution in [3.05, 3.63) is 70.5 Å². The van der Waals surface area contributed by atoms with Gasteiger partial charge in [0, 0.05) is 12.1 Å². The number of benzene rings is 2. The second kappa shape index (κ2) is 8.63. The number of carbonyl (C=O) groups excluding carboxylic acids is 1. The number of carbonyl (C=O) groups is 1. The lowest BCUT2D eigenvalue weighted by Crippen LogP contribution is -2.40. The van der Waals surface area contributed by atoms with Crippen molar-refractivity contribution in [2.24, 2.45) is 0 Å². The molecule has 1 amide bonds. The van der Waals surface area contributed by atoms with Gasteiger partial charge in [-0.05, 0) is 43.5 Å². The first-order valence-electron chi connectivity index (χ1n) is 8.63. The quantitative estimate of drug-likeness (QED) is 0.787. The largest absolute Gasteiger partial charge is 0.348 e. The van der Waals surface area contributed by atoms with E-state index < -0.39 is 21.7 Å². The van der Waals surface area contributed by atoms with Gasteiger partial charge in [0.05, 0.1) is 18.8 Å². The van der Waals surface area contributed by atoms with Crippen LogP contribution in [-0.4, -0.2) is 31.4 Å². The monoisotopic (exact) mass is 392 g/mol. The molecule has 0 saturated heterocycles. The number of hydrogen-bond donors (Lipinski definition) is 1. The van der Waals surface area contributed by atoms with Crippen molar-refractivity contribution in [3.8, 4) is 0 Å². The van der Waals surface area contributed by atoms with E-state index in [1.54, 1.807) is 6.07 Å². The van der Waals surface area contributed by atoms with Gasteiger partial charge in [-0.2, -0.15) is 4.31 Å². The maximum Gasteiger partial charge on any atom is 0.235 e. The second-order valence-corrected chi connectivity index (χ2v) is 8.74. The normalized spacial score (nSPS) is 12.8. The van der Waals surface area contributed by atoms with Gasteiger partial charge in [-0.15, -0.1) is 0 Å². The topological polar surface area (TPSA) is 66.5 Å². The Balaban J connectivity index is 2.09. The molecule has 1 N–H and O–H groups in total. The number of halogens is 1. The van der Waals surface area contributed by atoms with Crippen LogP contribution in [-0.2, 0) is 21.4 Å².